The van der Waals surface area contributed by atoms with Crippen LogP contribution in [-0.2, 0) is 4.79 Å². The first-order valence-electron chi connectivity index (χ1n) is 9.90. The van der Waals surface area contributed by atoms with Crippen molar-refractivity contribution in [3.8, 4) is 17.1 Å². The Morgan fingerprint density at radius 1 is 1.00 bits per heavy atom. The highest BCUT2D eigenvalue weighted by atomic mass is 16.5. The number of fused-ring (bicyclic) bond motifs is 1. The first-order chi connectivity index (χ1) is 15.1. The number of amides is 2. The van der Waals surface area contributed by atoms with Gasteiger partial charge in [0.05, 0.1) is 18.5 Å². The van der Waals surface area contributed by atoms with E-state index in [1.165, 1.54) is 0 Å². The summed E-state index contributed by atoms with van der Waals surface area (Å²) in [5.41, 5.74) is 2.57. The molecule has 2 N–H and O–H groups in total. The average molecular weight is 415 g/mol. The summed E-state index contributed by atoms with van der Waals surface area (Å²) in [5.74, 6) is 0.642. The van der Waals surface area contributed by atoms with Gasteiger partial charge in [-0.15, -0.1) is 0 Å². The van der Waals surface area contributed by atoms with Crippen molar-refractivity contribution in [2.75, 3.05) is 18.5 Å². The molecule has 0 spiro atoms. The highest BCUT2D eigenvalue weighted by Gasteiger charge is 2.14. The lowest BCUT2D eigenvalue weighted by Gasteiger charge is -2.08. The summed E-state index contributed by atoms with van der Waals surface area (Å²) in [6.45, 7) is 2.33. The topological polar surface area (TPSA) is 93.5 Å². The van der Waals surface area contributed by atoms with Crippen LogP contribution in [-0.4, -0.2) is 30.1 Å². The number of aromatic nitrogens is 1. The van der Waals surface area contributed by atoms with Crippen LogP contribution < -0.4 is 15.4 Å². The molecule has 0 bridgehead atoms. The van der Waals surface area contributed by atoms with Gasteiger partial charge in [-0.1, -0.05) is 35.5 Å². The fraction of sp³-hybridized carbons (Fsp3) is 0.125. The van der Waals surface area contributed by atoms with E-state index in [1.54, 1.807) is 42.5 Å². The Hall–Kier alpha value is -4.13. The molecule has 0 aliphatic carbocycles. The SMILES string of the molecule is CCOc1ccc(NC(=O)CNC(=O)c2ccc3noc(-c4ccccc4)c3c2)cc1. The van der Waals surface area contributed by atoms with Crippen LogP contribution in [0.3, 0.4) is 0 Å². The Bertz CT molecular complexity index is 1200. The summed E-state index contributed by atoms with van der Waals surface area (Å²) < 4.78 is 10.8. The van der Waals surface area contributed by atoms with E-state index in [0.29, 0.717) is 29.1 Å². The first-order valence-corrected chi connectivity index (χ1v) is 9.90. The lowest BCUT2D eigenvalue weighted by atomic mass is 10.1. The minimum Gasteiger partial charge on any atom is -0.494 e. The van der Waals surface area contributed by atoms with Crippen molar-refractivity contribution in [3.05, 3.63) is 78.4 Å². The highest BCUT2D eigenvalue weighted by molar-refractivity contribution is 6.03. The van der Waals surface area contributed by atoms with Crippen LogP contribution in [0.15, 0.2) is 77.3 Å². The van der Waals surface area contributed by atoms with Gasteiger partial charge >= 0.3 is 0 Å². The monoisotopic (exact) mass is 415 g/mol. The Labute approximate surface area is 179 Å². The number of carbonyl (C=O) groups excluding carboxylic acids is 2. The lowest BCUT2D eigenvalue weighted by molar-refractivity contribution is -0.115. The number of carbonyl (C=O) groups is 2. The number of ether oxygens (including phenoxy) is 1. The Morgan fingerprint density at radius 2 is 1.77 bits per heavy atom. The average Bonchev–Trinajstić information content (AvgIpc) is 3.23. The van der Waals surface area contributed by atoms with Crippen LogP contribution in [0, 0.1) is 0 Å². The van der Waals surface area contributed by atoms with Gasteiger partial charge in [-0.3, -0.25) is 9.59 Å². The second kappa shape index (κ2) is 9.13. The van der Waals surface area contributed by atoms with Crippen molar-refractivity contribution in [2.24, 2.45) is 0 Å². The van der Waals surface area contributed by atoms with E-state index >= 15 is 0 Å². The van der Waals surface area contributed by atoms with E-state index in [0.717, 1.165) is 16.7 Å². The quantitative estimate of drug-likeness (QED) is 0.470. The van der Waals surface area contributed by atoms with Crippen LogP contribution in [0.25, 0.3) is 22.2 Å². The molecule has 3 aromatic carbocycles. The van der Waals surface area contributed by atoms with E-state index in [9.17, 15) is 9.59 Å². The number of anilines is 1. The largest absolute Gasteiger partial charge is 0.494 e. The molecule has 0 saturated carbocycles. The third-order valence-electron chi connectivity index (χ3n) is 4.63. The predicted molar refractivity (Wildman–Crippen MR) is 118 cm³/mol. The van der Waals surface area contributed by atoms with Gasteiger partial charge in [0, 0.05) is 16.8 Å². The maximum atomic E-state index is 12.6. The van der Waals surface area contributed by atoms with E-state index < -0.39 is 0 Å². The predicted octanol–water partition coefficient (Wildman–Crippen LogP) is 4.26. The van der Waals surface area contributed by atoms with Crippen LogP contribution in [0.1, 0.15) is 17.3 Å². The third kappa shape index (κ3) is 4.72. The Balaban J connectivity index is 1.40. The van der Waals surface area contributed by atoms with Gasteiger partial charge in [0.2, 0.25) is 5.91 Å². The number of rotatable bonds is 7. The molecule has 0 unspecified atom stereocenters. The standard InChI is InChI=1S/C24H21N3O4/c1-2-30-19-11-9-18(10-12-19)26-22(28)15-25-24(29)17-8-13-21-20(14-17)23(31-27-21)16-6-4-3-5-7-16/h3-14H,2,15H2,1H3,(H,25,29)(H,26,28). The molecule has 0 saturated heterocycles. The lowest BCUT2D eigenvalue weighted by Crippen LogP contribution is -2.32. The molecule has 0 radical (unpaired) electrons. The summed E-state index contributed by atoms with van der Waals surface area (Å²) >= 11 is 0. The van der Waals surface area contributed by atoms with Crippen molar-refractivity contribution in [3.63, 3.8) is 0 Å². The Kier molecular flexibility index (Phi) is 5.93. The maximum absolute atomic E-state index is 12.6. The number of nitrogens with one attached hydrogen (secondary N) is 2. The number of benzene rings is 3. The molecule has 31 heavy (non-hydrogen) atoms. The van der Waals surface area contributed by atoms with Gasteiger partial charge in [0.1, 0.15) is 11.3 Å². The van der Waals surface area contributed by atoms with Gasteiger partial charge in [-0.05, 0) is 49.4 Å². The molecular formula is C24H21N3O4. The molecule has 7 nitrogen and oxygen atoms in total. The summed E-state index contributed by atoms with van der Waals surface area (Å²) in [4.78, 5) is 24.8. The second-order valence-electron chi connectivity index (χ2n) is 6.80. The zero-order valence-electron chi connectivity index (χ0n) is 16.9. The van der Waals surface area contributed by atoms with E-state index in [-0.39, 0.29) is 18.4 Å². The van der Waals surface area contributed by atoms with E-state index in [2.05, 4.69) is 15.8 Å². The van der Waals surface area contributed by atoms with Crippen LogP contribution in [0.4, 0.5) is 5.69 Å². The normalized spacial score (nSPS) is 10.6. The molecule has 1 aromatic heterocycles. The number of nitrogens with zero attached hydrogens (tertiary/aromatic N) is 1. The molecule has 0 fully saturated rings. The summed E-state index contributed by atoms with van der Waals surface area (Å²) in [6.07, 6.45) is 0. The van der Waals surface area contributed by atoms with Crippen molar-refractivity contribution in [1.29, 1.82) is 0 Å². The van der Waals surface area contributed by atoms with Crippen molar-refractivity contribution in [1.82, 2.24) is 10.5 Å². The number of hydrogen-bond donors (Lipinski definition) is 2. The minimum absolute atomic E-state index is 0.154. The maximum Gasteiger partial charge on any atom is 0.251 e. The molecule has 1 heterocycles. The van der Waals surface area contributed by atoms with Gasteiger partial charge < -0.3 is 19.9 Å². The Morgan fingerprint density at radius 3 is 2.52 bits per heavy atom. The summed E-state index contributed by atoms with van der Waals surface area (Å²) in [6, 6.07) is 21.7. The molecule has 4 rings (SSSR count). The van der Waals surface area contributed by atoms with Gasteiger partial charge in [-0.2, -0.15) is 0 Å². The zero-order valence-corrected chi connectivity index (χ0v) is 16.9. The molecule has 2 amide bonds. The highest BCUT2D eigenvalue weighted by Crippen LogP contribution is 2.29. The van der Waals surface area contributed by atoms with Gasteiger partial charge in [-0.25, -0.2) is 0 Å². The van der Waals surface area contributed by atoms with Crippen LogP contribution in [0.2, 0.25) is 0 Å². The molecule has 0 aliphatic heterocycles. The summed E-state index contributed by atoms with van der Waals surface area (Å²) in [5, 5.41) is 10.2. The number of hydrogen-bond acceptors (Lipinski definition) is 5. The van der Waals surface area contributed by atoms with Crippen LogP contribution in [0.5, 0.6) is 5.75 Å². The second-order valence-corrected chi connectivity index (χ2v) is 6.80. The molecule has 156 valence electrons. The summed E-state index contributed by atoms with van der Waals surface area (Å²) in [7, 11) is 0. The van der Waals surface area contributed by atoms with Crippen molar-refractivity contribution in [2.45, 2.75) is 6.92 Å². The molecule has 4 aromatic rings. The minimum atomic E-state index is -0.357. The molecule has 0 aliphatic rings. The fourth-order valence-electron chi connectivity index (χ4n) is 3.15. The smallest absolute Gasteiger partial charge is 0.251 e. The third-order valence-corrected chi connectivity index (χ3v) is 4.63. The van der Waals surface area contributed by atoms with E-state index in [4.69, 9.17) is 9.26 Å². The van der Waals surface area contributed by atoms with Crippen molar-refractivity contribution < 1.29 is 18.8 Å². The van der Waals surface area contributed by atoms with Crippen molar-refractivity contribution >= 4 is 28.4 Å². The van der Waals surface area contributed by atoms with Gasteiger partial charge in [0.25, 0.3) is 5.91 Å². The van der Waals surface area contributed by atoms with E-state index in [1.807, 2.05) is 37.3 Å². The molecule has 7 heteroatoms. The first kappa shape index (κ1) is 20.2. The fourth-order valence-corrected chi connectivity index (χ4v) is 3.15. The van der Waals surface area contributed by atoms with Gasteiger partial charge in [0.15, 0.2) is 5.76 Å². The molecular weight excluding hydrogens is 394 g/mol. The van der Waals surface area contributed by atoms with Crippen LogP contribution >= 0.6 is 0 Å². The molecule has 0 atom stereocenters. The zero-order chi connectivity index (χ0) is 21.6.